The van der Waals surface area contributed by atoms with E-state index in [9.17, 15) is 4.79 Å². The number of ketones is 1. The van der Waals surface area contributed by atoms with Crippen LogP contribution in [0.2, 0.25) is 0 Å². The van der Waals surface area contributed by atoms with Crippen LogP contribution in [0.15, 0.2) is 0 Å². The highest BCUT2D eigenvalue weighted by molar-refractivity contribution is 5.85. The lowest BCUT2D eigenvalue weighted by Gasteiger charge is -1.91. The van der Waals surface area contributed by atoms with Crippen LogP contribution in [0.1, 0.15) is 34.1 Å². The molecule has 64 valence electrons. The Bertz CT molecular complexity index is 70.0. The Labute approximate surface area is 69.6 Å². The lowest BCUT2D eigenvalue weighted by Crippen LogP contribution is -2.11. The van der Waals surface area contributed by atoms with E-state index in [4.69, 9.17) is 5.73 Å². The van der Waals surface area contributed by atoms with Crippen LogP contribution in [0.3, 0.4) is 0 Å². The van der Waals surface area contributed by atoms with E-state index < -0.39 is 0 Å². The molecular weight excluding hydrogens is 150 g/mol. The van der Waals surface area contributed by atoms with Crippen molar-refractivity contribution in [2.24, 2.45) is 5.73 Å². The Balaban J connectivity index is -0.0000000910. The van der Waals surface area contributed by atoms with Gasteiger partial charge in [0.15, 0.2) is 0 Å². The fourth-order valence-electron chi connectivity index (χ4n) is 0. The maximum atomic E-state index is 9.44. The highest BCUT2D eigenvalue weighted by Gasteiger charge is 1.79. The standard InChI is InChI=1S/C4H11N.C3H6O.ClH/c1-3-4(2)5;1-3(2)4;/h4H,3,5H2,1-2H3;1-2H3;1H. The van der Waals surface area contributed by atoms with Gasteiger partial charge in [-0.25, -0.2) is 0 Å². The first-order valence-electron chi connectivity index (χ1n) is 3.23. The van der Waals surface area contributed by atoms with Gasteiger partial charge in [-0.3, -0.25) is 0 Å². The molecule has 0 aliphatic rings. The van der Waals surface area contributed by atoms with E-state index in [0.717, 1.165) is 6.42 Å². The van der Waals surface area contributed by atoms with Crippen molar-refractivity contribution in [2.45, 2.75) is 40.2 Å². The number of halogens is 1. The van der Waals surface area contributed by atoms with E-state index in [0.29, 0.717) is 6.04 Å². The van der Waals surface area contributed by atoms with E-state index in [1.54, 1.807) is 0 Å². The van der Waals surface area contributed by atoms with Gasteiger partial charge in [-0.15, -0.1) is 12.4 Å². The number of rotatable bonds is 1. The molecule has 0 rings (SSSR count). The Morgan fingerprint density at radius 1 is 1.50 bits per heavy atom. The molecule has 0 aliphatic carbocycles. The predicted molar refractivity (Wildman–Crippen MR) is 47.5 cm³/mol. The fraction of sp³-hybridized carbons (Fsp3) is 0.857. The van der Waals surface area contributed by atoms with Gasteiger partial charge in [-0.2, -0.15) is 0 Å². The van der Waals surface area contributed by atoms with Gasteiger partial charge in [0.25, 0.3) is 0 Å². The summed E-state index contributed by atoms with van der Waals surface area (Å²) in [6.07, 6.45) is 1.08. The predicted octanol–water partition coefficient (Wildman–Crippen LogP) is 1.76. The Morgan fingerprint density at radius 3 is 1.60 bits per heavy atom. The topological polar surface area (TPSA) is 43.1 Å². The monoisotopic (exact) mass is 167 g/mol. The third-order valence-electron chi connectivity index (χ3n) is 0.644. The number of nitrogens with two attached hydrogens (primary N) is 1. The van der Waals surface area contributed by atoms with E-state index in [1.165, 1.54) is 13.8 Å². The van der Waals surface area contributed by atoms with Crippen molar-refractivity contribution in [3.05, 3.63) is 0 Å². The minimum atomic E-state index is 0. The van der Waals surface area contributed by atoms with Crippen molar-refractivity contribution >= 4 is 18.2 Å². The first-order chi connectivity index (χ1) is 4.00. The van der Waals surface area contributed by atoms with Gasteiger partial charge in [-0.1, -0.05) is 6.92 Å². The number of carbonyl (C=O) groups excluding carboxylic acids is 1. The third-order valence-corrected chi connectivity index (χ3v) is 0.644. The third kappa shape index (κ3) is 103. The van der Waals surface area contributed by atoms with Gasteiger partial charge >= 0.3 is 0 Å². The summed E-state index contributed by atoms with van der Waals surface area (Å²) in [6, 6.07) is 0.384. The Hall–Kier alpha value is -0.0800. The van der Waals surface area contributed by atoms with Gasteiger partial charge in [0.1, 0.15) is 5.78 Å². The summed E-state index contributed by atoms with van der Waals surface area (Å²) in [4.78, 5) is 9.44. The van der Waals surface area contributed by atoms with Crippen LogP contribution in [0.5, 0.6) is 0 Å². The molecule has 0 spiro atoms. The molecular formula is C7H18ClNO. The second kappa shape index (κ2) is 11.7. The molecule has 0 saturated carbocycles. The highest BCUT2D eigenvalue weighted by atomic mass is 35.5. The smallest absolute Gasteiger partial charge is 0.126 e. The van der Waals surface area contributed by atoms with Crippen LogP contribution in [-0.2, 0) is 4.79 Å². The summed E-state index contributed by atoms with van der Waals surface area (Å²) in [5.74, 6) is 0.167. The normalized spacial score (nSPS) is 10.1. The second-order valence-corrected chi connectivity index (χ2v) is 2.29. The molecule has 2 N–H and O–H groups in total. The molecule has 0 saturated heterocycles. The molecule has 2 nitrogen and oxygen atoms in total. The summed E-state index contributed by atoms with van der Waals surface area (Å²) in [7, 11) is 0. The zero-order chi connectivity index (χ0) is 7.86. The number of carbonyl (C=O) groups is 1. The Morgan fingerprint density at radius 2 is 1.60 bits per heavy atom. The number of Topliss-reactive ketones (excluding diaryl/α,β-unsaturated/α-hetero) is 1. The summed E-state index contributed by atoms with van der Waals surface area (Å²) in [5, 5.41) is 0. The summed E-state index contributed by atoms with van der Waals surface area (Å²) in [6.45, 7) is 7.13. The van der Waals surface area contributed by atoms with Crippen molar-refractivity contribution in [1.82, 2.24) is 0 Å². The van der Waals surface area contributed by atoms with Gasteiger partial charge in [0, 0.05) is 6.04 Å². The Kier molecular flexibility index (Phi) is 19.3. The van der Waals surface area contributed by atoms with Crippen LogP contribution in [0.25, 0.3) is 0 Å². The van der Waals surface area contributed by atoms with Crippen molar-refractivity contribution < 1.29 is 4.79 Å². The quantitative estimate of drug-likeness (QED) is 0.647. The van der Waals surface area contributed by atoms with Crippen molar-refractivity contribution in [3.8, 4) is 0 Å². The molecule has 0 aliphatic heterocycles. The van der Waals surface area contributed by atoms with Crippen LogP contribution < -0.4 is 5.73 Å². The molecule has 1 atom stereocenters. The molecule has 0 bridgehead atoms. The summed E-state index contributed by atoms with van der Waals surface area (Å²) < 4.78 is 0. The van der Waals surface area contributed by atoms with Crippen LogP contribution in [0.4, 0.5) is 0 Å². The van der Waals surface area contributed by atoms with Gasteiger partial charge in [-0.05, 0) is 27.2 Å². The van der Waals surface area contributed by atoms with Crippen LogP contribution in [0, 0.1) is 0 Å². The van der Waals surface area contributed by atoms with Crippen molar-refractivity contribution in [2.75, 3.05) is 0 Å². The average molecular weight is 168 g/mol. The molecule has 0 aromatic heterocycles. The molecule has 0 amide bonds. The van der Waals surface area contributed by atoms with Crippen molar-refractivity contribution in [3.63, 3.8) is 0 Å². The lowest BCUT2D eigenvalue weighted by atomic mass is 10.3. The molecule has 3 heteroatoms. The lowest BCUT2D eigenvalue weighted by molar-refractivity contribution is -0.114. The highest BCUT2D eigenvalue weighted by Crippen LogP contribution is 1.77. The first kappa shape index (κ1) is 16.5. The number of hydrogen-bond donors (Lipinski definition) is 1. The molecule has 0 fully saturated rings. The maximum Gasteiger partial charge on any atom is 0.126 e. The SMILES string of the molecule is CC(C)=O.CCC(C)N.Cl. The molecule has 0 aromatic carbocycles. The molecule has 0 radical (unpaired) electrons. The largest absolute Gasteiger partial charge is 0.328 e. The molecule has 0 heterocycles. The molecule has 1 unspecified atom stereocenters. The molecule has 0 aromatic rings. The van der Waals surface area contributed by atoms with Crippen LogP contribution >= 0.6 is 12.4 Å². The minimum Gasteiger partial charge on any atom is -0.328 e. The van der Waals surface area contributed by atoms with Gasteiger partial charge < -0.3 is 10.5 Å². The average Bonchev–Trinajstić information content (AvgIpc) is 1.65. The minimum absolute atomic E-state index is 0. The van der Waals surface area contributed by atoms with E-state index in [1.807, 2.05) is 6.92 Å². The van der Waals surface area contributed by atoms with E-state index in [2.05, 4.69) is 6.92 Å². The zero-order valence-electron chi connectivity index (χ0n) is 7.18. The van der Waals surface area contributed by atoms with E-state index >= 15 is 0 Å². The fourth-order valence-corrected chi connectivity index (χ4v) is 0. The number of hydrogen-bond acceptors (Lipinski definition) is 2. The van der Waals surface area contributed by atoms with Gasteiger partial charge in [0.05, 0.1) is 0 Å². The zero-order valence-corrected chi connectivity index (χ0v) is 7.99. The van der Waals surface area contributed by atoms with Crippen molar-refractivity contribution in [1.29, 1.82) is 0 Å². The van der Waals surface area contributed by atoms with Crippen LogP contribution in [-0.4, -0.2) is 11.8 Å². The summed E-state index contributed by atoms with van der Waals surface area (Å²) >= 11 is 0. The van der Waals surface area contributed by atoms with Gasteiger partial charge in [0.2, 0.25) is 0 Å². The summed E-state index contributed by atoms with van der Waals surface area (Å²) in [5.41, 5.74) is 5.29. The van der Waals surface area contributed by atoms with E-state index in [-0.39, 0.29) is 18.2 Å². The molecule has 10 heavy (non-hydrogen) atoms. The maximum absolute atomic E-state index is 9.44. The second-order valence-electron chi connectivity index (χ2n) is 2.29. The first-order valence-corrected chi connectivity index (χ1v) is 3.23.